The van der Waals surface area contributed by atoms with Crippen LogP contribution in [0.2, 0.25) is 0 Å². The molecule has 0 radical (unpaired) electrons. The molecule has 102 valence electrons. The number of ether oxygens (including phenoxy) is 2. The molecule has 0 unspecified atom stereocenters. The van der Waals surface area contributed by atoms with Crippen LogP contribution < -0.4 is 9.47 Å². The Morgan fingerprint density at radius 2 is 1.90 bits per heavy atom. The molecule has 0 aliphatic carbocycles. The molecule has 3 nitrogen and oxygen atoms in total. The molecule has 0 bridgehead atoms. The SMILES string of the molecule is COc1ccc(C)cc1COc1ccc(Br)cc1C#N. The van der Waals surface area contributed by atoms with Crippen LogP contribution in [0.25, 0.3) is 0 Å². The third-order valence-electron chi connectivity index (χ3n) is 2.88. The van der Waals surface area contributed by atoms with Crippen molar-refractivity contribution >= 4 is 15.9 Å². The van der Waals surface area contributed by atoms with Gasteiger partial charge in [-0.05, 0) is 37.3 Å². The summed E-state index contributed by atoms with van der Waals surface area (Å²) >= 11 is 3.34. The number of rotatable bonds is 4. The topological polar surface area (TPSA) is 42.2 Å². The van der Waals surface area contributed by atoms with Crippen molar-refractivity contribution in [2.45, 2.75) is 13.5 Å². The zero-order chi connectivity index (χ0) is 14.5. The van der Waals surface area contributed by atoms with Crippen molar-refractivity contribution < 1.29 is 9.47 Å². The molecular formula is C16H14BrNO2. The first-order chi connectivity index (χ1) is 9.63. The highest BCUT2D eigenvalue weighted by atomic mass is 79.9. The van der Waals surface area contributed by atoms with Crippen molar-refractivity contribution in [3.05, 3.63) is 57.6 Å². The monoisotopic (exact) mass is 331 g/mol. The zero-order valence-electron chi connectivity index (χ0n) is 11.3. The van der Waals surface area contributed by atoms with Gasteiger partial charge in [0.1, 0.15) is 24.2 Å². The Morgan fingerprint density at radius 3 is 2.60 bits per heavy atom. The molecule has 0 aromatic heterocycles. The fourth-order valence-corrected chi connectivity index (χ4v) is 2.25. The van der Waals surface area contributed by atoms with E-state index in [2.05, 4.69) is 22.0 Å². The Morgan fingerprint density at radius 1 is 1.15 bits per heavy atom. The summed E-state index contributed by atoms with van der Waals surface area (Å²) < 4.78 is 11.9. The first-order valence-electron chi connectivity index (χ1n) is 6.10. The lowest BCUT2D eigenvalue weighted by atomic mass is 10.1. The van der Waals surface area contributed by atoms with Gasteiger partial charge in [-0.3, -0.25) is 0 Å². The van der Waals surface area contributed by atoms with Gasteiger partial charge in [-0.25, -0.2) is 0 Å². The van der Waals surface area contributed by atoms with Crippen LogP contribution in [0.4, 0.5) is 0 Å². The standard InChI is InChI=1S/C16H14BrNO2/c1-11-3-5-15(19-2)13(7-11)10-20-16-6-4-14(17)8-12(16)9-18/h3-8H,10H2,1-2H3. The third kappa shape index (κ3) is 3.31. The zero-order valence-corrected chi connectivity index (χ0v) is 12.9. The van der Waals surface area contributed by atoms with E-state index in [4.69, 9.17) is 14.7 Å². The minimum absolute atomic E-state index is 0.362. The molecule has 4 heteroatoms. The van der Waals surface area contributed by atoms with Gasteiger partial charge in [0.25, 0.3) is 0 Å². The molecule has 0 atom stereocenters. The van der Waals surface area contributed by atoms with Crippen molar-refractivity contribution in [2.24, 2.45) is 0 Å². The predicted molar refractivity (Wildman–Crippen MR) is 80.9 cm³/mol. The molecule has 0 amide bonds. The van der Waals surface area contributed by atoms with Crippen LogP contribution in [0.5, 0.6) is 11.5 Å². The molecule has 0 fully saturated rings. The van der Waals surface area contributed by atoms with Gasteiger partial charge in [0.15, 0.2) is 0 Å². The van der Waals surface area contributed by atoms with Crippen LogP contribution in [-0.2, 0) is 6.61 Å². The van der Waals surface area contributed by atoms with Gasteiger partial charge < -0.3 is 9.47 Å². The number of aryl methyl sites for hydroxylation is 1. The Bertz CT molecular complexity index is 662. The fraction of sp³-hybridized carbons (Fsp3) is 0.188. The number of hydrogen-bond donors (Lipinski definition) is 0. The van der Waals surface area contributed by atoms with Gasteiger partial charge in [0.2, 0.25) is 0 Å². The van der Waals surface area contributed by atoms with Crippen LogP contribution >= 0.6 is 15.9 Å². The van der Waals surface area contributed by atoms with Crippen LogP contribution in [-0.4, -0.2) is 7.11 Å². The van der Waals surface area contributed by atoms with E-state index < -0.39 is 0 Å². The second kappa shape index (κ2) is 6.44. The molecule has 0 aliphatic heterocycles. The average Bonchev–Trinajstić information content (AvgIpc) is 2.46. The molecule has 0 heterocycles. The lowest BCUT2D eigenvalue weighted by Gasteiger charge is -2.12. The number of nitriles is 1. The highest BCUT2D eigenvalue weighted by molar-refractivity contribution is 9.10. The van der Waals surface area contributed by atoms with E-state index in [1.54, 1.807) is 19.2 Å². The molecule has 20 heavy (non-hydrogen) atoms. The van der Waals surface area contributed by atoms with Gasteiger partial charge in [0, 0.05) is 10.0 Å². The third-order valence-corrected chi connectivity index (χ3v) is 3.37. The average molecular weight is 332 g/mol. The quantitative estimate of drug-likeness (QED) is 0.842. The second-order valence-electron chi connectivity index (χ2n) is 4.36. The molecule has 0 saturated carbocycles. The summed E-state index contributed by atoms with van der Waals surface area (Å²) in [5.74, 6) is 1.35. The van der Waals surface area contributed by atoms with E-state index in [0.717, 1.165) is 21.3 Å². The first kappa shape index (κ1) is 14.4. The Balaban J connectivity index is 2.21. The summed E-state index contributed by atoms with van der Waals surface area (Å²) in [4.78, 5) is 0. The molecule has 0 aliphatic rings. The maximum Gasteiger partial charge on any atom is 0.137 e. The Kier molecular flexibility index (Phi) is 4.65. The Labute approximate surface area is 126 Å². The molecular weight excluding hydrogens is 318 g/mol. The van der Waals surface area contributed by atoms with Crippen molar-refractivity contribution in [3.8, 4) is 17.6 Å². The van der Waals surface area contributed by atoms with Gasteiger partial charge in [-0.15, -0.1) is 0 Å². The molecule has 2 aromatic carbocycles. The summed E-state index contributed by atoms with van der Waals surface area (Å²) in [6.45, 7) is 2.38. The smallest absolute Gasteiger partial charge is 0.137 e. The number of hydrogen-bond acceptors (Lipinski definition) is 3. The van der Waals surface area contributed by atoms with E-state index in [9.17, 15) is 0 Å². The number of nitrogens with zero attached hydrogens (tertiary/aromatic N) is 1. The minimum atomic E-state index is 0.362. The van der Waals surface area contributed by atoms with Crippen LogP contribution in [0.3, 0.4) is 0 Å². The van der Waals surface area contributed by atoms with E-state index in [1.165, 1.54) is 0 Å². The maximum atomic E-state index is 9.11. The molecule has 0 spiro atoms. The summed E-state index contributed by atoms with van der Waals surface area (Å²) in [7, 11) is 1.63. The lowest BCUT2D eigenvalue weighted by Crippen LogP contribution is -2.00. The van der Waals surface area contributed by atoms with Gasteiger partial charge in [-0.2, -0.15) is 5.26 Å². The number of methoxy groups -OCH3 is 1. The lowest BCUT2D eigenvalue weighted by molar-refractivity contribution is 0.295. The van der Waals surface area contributed by atoms with Crippen LogP contribution in [0.1, 0.15) is 16.7 Å². The summed E-state index contributed by atoms with van der Waals surface area (Å²) in [6.07, 6.45) is 0. The molecule has 0 N–H and O–H groups in total. The fourth-order valence-electron chi connectivity index (χ4n) is 1.89. The van der Waals surface area contributed by atoms with E-state index in [-0.39, 0.29) is 0 Å². The summed E-state index contributed by atoms with van der Waals surface area (Å²) in [5, 5.41) is 9.11. The van der Waals surface area contributed by atoms with Gasteiger partial charge in [-0.1, -0.05) is 27.6 Å². The highest BCUT2D eigenvalue weighted by Gasteiger charge is 2.07. The predicted octanol–water partition coefficient (Wildman–Crippen LogP) is 4.22. The second-order valence-corrected chi connectivity index (χ2v) is 5.27. The largest absolute Gasteiger partial charge is 0.496 e. The summed E-state index contributed by atoms with van der Waals surface area (Å²) in [6, 6.07) is 13.4. The van der Waals surface area contributed by atoms with E-state index in [0.29, 0.717) is 17.9 Å². The molecule has 2 rings (SSSR count). The molecule has 0 saturated heterocycles. The van der Waals surface area contributed by atoms with Gasteiger partial charge >= 0.3 is 0 Å². The van der Waals surface area contributed by atoms with E-state index >= 15 is 0 Å². The maximum absolute atomic E-state index is 9.11. The van der Waals surface area contributed by atoms with Gasteiger partial charge in [0.05, 0.1) is 12.7 Å². The van der Waals surface area contributed by atoms with Crippen LogP contribution in [0.15, 0.2) is 40.9 Å². The van der Waals surface area contributed by atoms with Crippen molar-refractivity contribution in [1.82, 2.24) is 0 Å². The number of halogens is 1. The summed E-state index contributed by atoms with van der Waals surface area (Å²) in [5.41, 5.74) is 2.60. The number of benzene rings is 2. The van der Waals surface area contributed by atoms with Crippen LogP contribution in [0, 0.1) is 18.3 Å². The molecule has 2 aromatic rings. The van der Waals surface area contributed by atoms with E-state index in [1.807, 2.05) is 31.2 Å². The van der Waals surface area contributed by atoms with Crippen molar-refractivity contribution in [3.63, 3.8) is 0 Å². The van der Waals surface area contributed by atoms with Crippen molar-refractivity contribution in [2.75, 3.05) is 7.11 Å². The normalized spacial score (nSPS) is 9.90. The van der Waals surface area contributed by atoms with Crippen molar-refractivity contribution in [1.29, 1.82) is 5.26 Å². The first-order valence-corrected chi connectivity index (χ1v) is 6.89. The Hall–Kier alpha value is -1.99. The minimum Gasteiger partial charge on any atom is -0.496 e. The highest BCUT2D eigenvalue weighted by Crippen LogP contribution is 2.25.